The Bertz CT molecular complexity index is 535. The Balaban J connectivity index is 1.72. The van der Waals surface area contributed by atoms with Gasteiger partial charge < -0.3 is 15.0 Å². The molecule has 1 N–H and O–H groups in total. The predicted molar refractivity (Wildman–Crippen MR) is 68.9 cm³/mol. The Morgan fingerprint density at radius 1 is 1.24 bits per heavy atom. The van der Waals surface area contributed by atoms with Crippen LogP contribution in [0.3, 0.4) is 0 Å². The Morgan fingerprint density at radius 3 is 2.52 bits per heavy atom. The van der Waals surface area contributed by atoms with Crippen molar-refractivity contribution in [3.05, 3.63) is 29.8 Å². The molecule has 0 aliphatic carbocycles. The molecule has 0 spiro atoms. The van der Waals surface area contributed by atoms with Gasteiger partial charge in [0.1, 0.15) is 5.75 Å². The average Bonchev–Trinajstić information content (AvgIpc) is 2.96. The van der Waals surface area contributed by atoms with Gasteiger partial charge in [-0.15, -0.1) is 13.2 Å². The standard InChI is InChI=1S/C14H15F3N2O2/c15-14(16,17)21-12-3-1-2-9(4-12)13(20)19-7-10-5-18-6-11(10)8-19/h1-4,10-11,18H,5-8H2. The maximum atomic E-state index is 12.4. The van der Waals surface area contributed by atoms with Crippen LogP contribution in [0.1, 0.15) is 10.4 Å². The smallest absolute Gasteiger partial charge is 0.406 e. The van der Waals surface area contributed by atoms with Crippen molar-refractivity contribution in [2.45, 2.75) is 6.36 Å². The molecule has 3 rings (SSSR count). The van der Waals surface area contributed by atoms with E-state index in [2.05, 4.69) is 10.1 Å². The average molecular weight is 300 g/mol. The van der Waals surface area contributed by atoms with Crippen molar-refractivity contribution in [3.8, 4) is 5.75 Å². The summed E-state index contributed by atoms with van der Waals surface area (Å²) in [7, 11) is 0. The lowest BCUT2D eigenvalue weighted by molar-refractivity contribution is -0.274. The molecule has 2 heterocycles. The number of benzene rings is 1. The number of carbonyl (C=O) groups is 1. The summed E-state index contributed by atoms with van der Waals surface area (Å²) in [4.78, 5) is 14.1. The highest BCUT2D eigenvalue weighted by Crippen LogP contribution is 2.29. The van der Waals surface area contributed by atoms with Gasteiger partial charge in [0.15, 0.2) is 0 Å². The van der Waals surface area contributed by atoms with E-state index in [-0.39, 0.29) is 17.2 Å². The van der Waals surface area contributed by atoms with Gasteiger partial charge in [0.05, 0.1) is 0 Å². The minimum Gasteiger partial charge on any atom is -0.406 e. The largest absolute Gasteiger partial charge is 0.573 e. The van der Waals surface area contributed by atoms with Crippen LogP contribution in [0, 0.1) is 11.8 Å². The van der Waals surface area contributed by atoms with Crippen LogP contribution in [-0.2, 0) is 0 Å². The van der Waals surface area contributed by atoms with Crippen molar-refractivity contribution in [2.24, 2.45) is 11.8 Å². The Morgan fingerprint density at radius 2 is 1.90 bits per heavy atom. The molecule has 2 aliphatic rings. The minimum absolute atomic E-state index is 0.227. The minimum atomic E-state index is -4.75. The number of hydrogen-bond acceptors (Lipinski definition) is 3. The first kappa shape index (κ1) is 14.2. The van der Waals surface area contributed by atoms with Crippen LogP contribution in [0.15, 0.2) is 24.3 Å². The number of fused-ring (bicyclic) bond motifs is 1. The molecule has 2 unspecified atom stereocenters. The van der Waals surface area contributed by atoms with E-state index in [9.17, 15) is 18.0 Å². The molecule has 7 heteroatoms. The summed E-state index contributed by atoms with van der Waals surface area (Å²) in [6.07, 6.45) is -4.75. The third-order valence-corrected chi connectivity index (χ3v) is 3.99. The van der Waals surface area contributed by atoms with Crippen LogP contribution in [-0.4, -0.2) is 43.3 Å². The maximum absolute atomic E-state index is 12.4. The third-order valence-electron chi connectivity index (χ3n) is 3.99. The first-order valence-corrected chi connectivity index (χ1v) is 6.78. The molecule has 2 saturated heterocycles. The Labute approximate surface area is 119 Å². The Kier molecular flexibility index (Phi) is 3.52. The zero-order valence-corrected chi connectivity index (χ0v) is 11.2. The summed E-state index contributed by atoms with van der Waals surface area (Å²) < 4.78 is 40.5. The first-order chi connectivity index (χ1) is 9.92. The summed E-state index contributed by atoms with van der Waals surface area (Å²) in [5.41, 5.74) is 0.227. The van der Waals surface area contributed by atoms with Gasteiger partial charge in [0.2, 0.25) is 0 Å². The van der Waals surface area contributed by atoms with Crippen molar-refractivity contribution in [1.29, 1.82) is 0 Å². The van der Waals surface area contributed by atoms with E-state index < -0.39 is 6.36 Å². The second kappa shape index (κ2) is 5.22. The number of amides is 1. The second-order valence-electron chi connectivity index (χ2n) is 5.46. The number of rotatable bonds is 2. The summed E-state index contributed by atoms with van der Waals surface area (Å²) in [5.74, 6) is 0.290. The van der Waals surface area contributed by atoms with Gasteiger partial charge in [-0.1, -0.05) is 6.07 Å². The molecule has 0 saturated carbocycles. The molecular formula is C14H15F3N2O2. The quantitative estimate of drug-likeness (QED) is 0.906. The van der Waals surface area contributed by atoms with Crippen molar-refractivity contribution in [3.63, 3.8) is 0 Å². The number of carbonyl (C=O) groups excluding carboxylic acids is 1. The van der Waals surface area contributed by atoms with Gasteiger partial charge in [0, 0.05) is 31.7 Å². The van der Waals surface area contributed by atoms with Crippen LogP contribution in [0.2, 0.25) is 0 Å². The summed E-state index contributed by atoms with van der Waals surface area (Å²) in [6.45, 7) is 3.10. The molecule has 1 aromatic rings. The molecule has 2 atom stereocenters. The maximum Gasteiger partial charge on any atom is 0.573 e. The summed E-state index contributed by atoms with van der Waals surface area (Å²) in [6, 6.07) is 5.24. The van der Waals surface area contributed by atoms with Crippen LogP contribution < -0.4 is 10.1 Å². The van der Waals surface area contributed by atoms with Crippen molar-refractivity contribution < 1.29 is 22.7 Å². The molecule has 2 fully saturated rings. The molecule has 1 amide bonds. The fraction of sp³-hybridized carbons (Fsp3) is 0.500. The normalized spacial score (nSPS) is 25.0. The van der Waals surface area contributed by atoms with E-state index in [0.29, 0.717) is 24.9 Å². The topological polar surface area (TPSA) is 41.6 Å². The number of alkyl halides is 3. The van der Waals surface area contributed by atoms with Crippen molar-refractivity contribution in [1.82, 2.24) is 10.2 Å². The highest BCUT2D eigenvalue weighted by Gasteiger charge is 2.38. The van der Waals surface area contributed by atoms with Gasteiger partial charge in [-0.05, 0) is 30.0 Å². The van der Waals surface area contributed by atoms with Crippen LogP contribution in [0.4, 0.5) is 13.2 Å². The lowest BCUT2D eigenvalue weighted by atomic mass is 10.0. The van der Waals surface area contributed by atoms with Gasteiger partial charge >= 0.3 is 6.36 Å². The molecular weight excluding hydrogens is 285 g/mol. The SMILES string of the molecule is O=C(c1cccc(OC(F)(F)F)c1)N1CC2CNCC2C1. The van der Waals surface area contributed by atoms with Crippen LogP contribution in [0.5, 0.6) is 5.75 Å². The van der Waals surface area contributed by atoms with Gasteiger partial charge in [-0.25, -0.2) is 0 Å². The zero-order chi connectivity index (χ0) is 15.0. The molecule has 0 bridgehead atoms. The predicted octanol–water partition coefficient (Wildman–Crippen LogP) is 1.88. The van der Waals surface area contributed by atoms with E-state index in [0.717, 1.165) is 19.2 Å². The second-order valence-corrected chi connectivity index (χ2v) is 5.46. The highest BCUT2D eigenvalue weighted by atomic mass is 19.4. The first-order valence-electron chi connectivity index (χ1n) is 6.78. The van der Waals surface area contributed by atoms with E-state index in [4.69, 9.17) is 0 Å². The summed E-state index contributed by atoms with van der Waals surface area (Å²) >= 11 is 0. The van der Waals surface area contributed by atoms with Crippen molar-refractivity contribution in [2.75, 3.05) is 26.2 Å². The molecule has 114 valence electrons. The molecule has 4 nitrogen and oxygen atoms in total. The lowest BCUT2D eigenvalue weighted by Gasteiger charge is -2.18. The Hall–Kier alpha value is -1.76. The third kappa shape index (κ3) is 3.12. The molecule has 0 radical (unpaired) electrons. The fourth-order valence-corrected chi connectivity index (χ4v) is 3.03. The highest BCUT2D eigenvalue weighted by molar-refractivity contribution is 5.94. The summed E-state index contributed by atoms with van der Waals surface area (Å²) in [5, 5.41) is 3.28. The number of likely N-dealkylation sites (tertiary alicyclic amines) is 1. The fourth-order valence-electron chi connectivity index (χ4n) is 3.03. The molecule has 1 aromatic carbocycles. The van der Waals surface area contributed by atoms with Gasteiger partial charge in [0.25, 0.3) is 5.91 Å². The number of halogens is 3. The van der Waals surface area contributed by atoms with Crippen molar-refractivity contribution >= 4 is 5.91 Å². The van der Waals surface area contributed by atoms with Crippen LogP contribution >= 0.6 is 0 Å². The van der Waals surface area contributed by atoms with E-state index in [1.54, 1.807) is 4.90 Å². The number of nitrogens with zero attached hydrogens (tertiary/aromatic N) is 1. The van der Waals surface area contributed by atoms with E-state index >= 15 is 0 Å². The zero-order valence-electron chi connectivity index (χ0n) is 11.2. The lowest BCUT2D eigenvalue weighted by Crippen LogP contribution is -2.31. The van der Waals surface area contributed by atoms with Crippen LogP contribution in [0.25, 0.3) is 0 Å². The number of hydrogen-bond donors (Lipinski definition) is 1. The van der Waals surface area contributed by atoms with E-state index in [1.807, 2.05) is 0 Å². The monoisotopic (exact) mass is 300 g/mol. The number of nitrogens with one attached hydrogen (secondary N) is 1. The van der Waals surface area contributed by atoms with Gasteiger partial charge in [-0.3, -0.25) is 4.79 Å². The number of ether oxygens (including phenoxy) is 1. The van der Waals surface area contributed by atoms with E-state index in [1.165, 1.54) is 18.2 Å². The molecule has 0 aromatic heterocycles. The van der Waals surface area contributed by atoms with Gasteiger partial charge in [-0.2, -0.15) is 0 Å². The molecule has 21 heavy (non-hydrogen) atoms. The molecule has 2 aliphatic heterocycles.